The molecule has 0 aliphatic heterocycles. The Morgan fingerprint density at radius 2 is 1.88 bits per heavy atom. The van der Waals surface area contributed by atoms with Gasteiger partial charge in [-0.05, 0) is 18.6 Å². The summed E-state index contributed by atoms with van der Waals surface area (Å²) < 4.78 is 10.7. The first kappa shape index (κ1) is 12.7. The molecule has 0 aromatic heterocycles. The van der Waals surface area contributed by atoms with E-state index in [0.717, 1.165) is 18.8 Å². The summed E-state index contributed by atoms with van der Waals surface area (Å²) in [6.45, 7) is 2.91. The molecule has 1 aromatic rings. The zero-order chi connectivity index (χ0) is 11.8. The van der Waals surface area contributed by atoms with Crippen LogP contribution in [0.15, 0.2) is 18.2 Å². The Balaban J connectivity index is 2.41. The van der Waals surface area contributed by atoms with Crippen LogP contribution in [0.3, 0.4) is 0 Å². The predicted molar refractivity (Wildman–Crippen MR) is 67.0 cm³/mol. The van der Waals surface area contributed by atoms with Crippen molar-refractivity contribution in [3.63, 3.8) is 0 Å². The smallest absolute Gasteiger partial charge is 0.146 e. The van der Waals surface area contributed by atoms with Crippen molar-refractivity contribution in [3.05, 3.63) is 18.2 Å². The van der Waals surface area contributed by atoms with Crippen LogP contribution in [0.4, 0.5) is 5.69 Å². The summed E-state index contributed by atoms with van der Waals surface area (Å²) in [5.74, 6) is 1.39. The predicted octanol–water partition coefficient (Wildman–Crippen LogP) is 3.24. The fraction of sp³-hybridized carbons (Fsp3) is 0.538. The van der Waals surface area contributed by atoms with Crippen molar-refractivity contribution in [3.8, 4) is 11.5 Å². The van der Waals surface area contributed by atoms with E-state index >= 15 is 0 Å². The van der Waals surface area contributed by atoms with Gasteiger partial charge in [0.25, 0.3) is 0 Å². The standard InChI is InChI=1S/C13H21NO2/c1-3-4-5-6-10-16-12-9-7-8-11(15-2)13(12)14/h7-9H,3-6,10,14H2,1-2H3. The van der Waals surface area contributed by atoms with Crippen molar-refractivity contribution in [2.45, 2.75) is 32.6 Å². The fourth-order valence-corrected chi connectivity index (χ4v) is 1.54. The van der Waals surface area contributed by atoms with Gasteiger partial charge in [-0.3, -0.25) is 0 Å². The van der Waals surface area contributed by atoms with Crippen molar-refractivity contribution < 1.29 is 9.47 Å². The van der Waals surface area contributed by atoms with E-state index in [0.29, 0.717) is 11.4 Å². The number of unbranched alkanes of at least 4 members (excludes halogenated alkanes) is 3. The minimum atomic E-state index is 0.584. The van der Waals surface area contributed by atoms with E-state index in [1.807, 2.05) is 18.2 Å². The van der Waals surface area contributed by atoms with E-state index in [1.165, 1.54) is 19.3 Å². The third-order valence-corrected chi connectivity index (χ3v) is 2.50. The van der Waals surface area contributed by atoms with Crippen LogP contribution in [0.2, 0.25) is 0 Å². The summed E-state index contributed by atoms with van der Waals surface area (Å²) in [7, 11) is 1.61. The first-order valence-electron chi connectivity index (χ1n) is 5.84. The number of hydrogen-bond acceptors (Lipinski definition) is 3. The van der Waals surface area contributed by atoms with Crippen molar-refractivity contribution in [2.24, 2.45) is 0 Å². The molecule has 0 atom stereocenters. The largest absolute Gasteiger partial charge is 0.494 e. The zero-order valence-corrected chi connectivity index (χ0v) is 10.2. The molecule has 16 heavy (non-hydrogen) atoms. The lowest BCUT2D eigenvalue weighted by Crippen LogP contribution is -2.01. The lowest BCUT2D eigenvalue weighted by Gasteiger charge is -2.11. The van der Waals surface area contributed by atoms with Crippen LogP contribution in [-0.2, 0) is 0 Å². The van der Waals surface area contributed by atoms with Gasteiger partial charge < -0.3 is 15.2 Å². The summed E-state index contributed by atoms with van der Waals surface area (Å²) in [6.07, 6.45) is 4.78. The van der Waals surface area contributed by atoms with E-state index in [-0.39, 0.29) is 0 Å². The SMILES string of the molecule is CCCCCCOc1cccc(OC)c1N. The molecule has 0 amide bonds. The van der Waals surface area contributed by atoms with Crippen molar-refractivity contribution >= 4 is 5.69 Å². The highest BCUT2D eigenvalue weighted by atomic mass is 16.5. The summed E-state index contributed by atoms with van der Waals surface area (Å²) in [5, 5.41) is 0. The van der Waals surface area contributed by atoms with Crippen molar-refractivity contribution in [1.82, 2.24) is 0 Å². The van der Waals surface area contributed by atoms with Gasteiger partial charge in [0.1, 0.15) is 17.2 Å². The number of methoxy groups -OCH3 is 1. The number of anilines is 1. The number of nitrogens with two attached hydrogens (primary N) is 1. The van der Waals surface area contributed by atoms with Crippen LogP contribution in [-0.4, -0.2) is 13.7 Å². The monoisotopic (exact) mass is 223 g/mol. The second kappa shape index (κ2) is 6.99. The maximum Gasteiger partial charge on any atom is 0.146 e. The van der Waals surface area contributed by atoms with Gasteiger partial charge in [-0.15, -0.1) is 0 Å². The summed E-state index contributed by atoms with van der Waals surface area (Å²) in [5.41, 5.74) is 6.47. The van der Waals surface area contributed by atoms with Crippen LogP contribution < -0.4 is 15.2 Å². The van der Waals surface area contributed by atoms with Gasteiger partial charge in [0.15, 0.2) is 0 Å². The molecule has 0 bridgehead atoms. The van der Waals surface area contributed by atoms with Gasteiger partial charge in [-0.2, -0.15) is 0 Å². The number of nitrogen functional groups attached to an aromatic ring is 1. The fourth-order valence-electron chi connectivity index (χ4n) is 1.54. The number of ether oxygens (including phenoxy) is 2. The van der Waals surface area contributed by atoms with Gasteiger partial charge in [0, 0.05) is 0 Å². The Morgan fingerprint density at radius 3 is 2.56 bits per heavy atom. The third-order valence-electron chi connectivity index (χ3n) is 2.50. The molecule has 0 saturated heterocycles. The average molecular weight is 223 g/mol. The van der Waals surface area contributed by atoms with E-state index in [4.69, 9.17) is 15.2 Å². The van der Waals surface area contributed by atoms with E-state index < -0.39 is 0 Å². The van der Waals surface area contributed by atoms with Gasteiger partial charge in [-0.1, -0.05) is 32.3 Å². The molecule has 0 heterocycles. The van der Waals surface area contributed by atoms with Gasteiger partial charge in [0.05, 0.1) is 13.7 Å². The molecule has 3 nitrogen and oxygen atoms in total. The van der Waals surface area contributed by atoms with Crippen molar-refractivity contribution in [2.75, 3.05) is 19.5 Å². The average Bonchev–Trinajstić information content (AvgIpc) is 2.31. The Bertz CT molecular complexity index is 313. The maximum absolute atomic E-state index is 5.88. The van der Waals surface area contributed by atoms with Crippen molar-refractivity contribution in [1.29, 1.82) is 0 Å². The van der Waals surface area contributed by atoms with Crippen LogP contribution in [0.1, 0.15) is 32.6 Å². The minimum absolute atomic E-state index is 0.584. The Labute approximate surface area is 97.6 Å². The number of hydrogen-bond donors (Lipinski definition) is 1. The molecule has 90 valence electrons. The number of rotatable bonds is 7. The lowest BCUT2D eigenvalue weighted by molar-refractivity contribution is 0.305. The Morgan fingerprint density at radius 1 is 1.12 bits per heavy atom. The molecule has 0 radical (unpaired) electrons. The van der Waals surface area contributed by atoms with Crippen LogP contribution in [0.25, 0.3) is 0 Å². The second-order valence-electron chi connectivity index (χ2n) is 3.78. The third kappa shape index (κ3) is 3.65. The molecular formula is C13H21NO2. The molecular weight excluding hydrogens is 202 g/mol. The maximum atomic E-state index is 5.88. The molecule has 1 aromatic carbocycles. The summed E-state index contributed by atoms with van der Waals surface area (Å²) in [6, 6.07) is 5.59. The Hall–Kier alpha value is -1.38. The summed E-state index contributed by atoms with van der Waals surface area (Å²) in [4.78, 5) is 0. The zero-order valence-electron chi connectivity index (χ0n) is 10.2. The highest BCUT2D eigenvalue weighted by Gasteiger charge is 2.05. The van der Waals surface area contributed by atoms with E-state index in [9.17, 15) is 0 Å². The normalized spacial score (nSPS) is 10.1. The molecule has 3 heteroatoms. The quantitative estimate of drug-likeness (QED) is 0.570. The molecule has 0 fully saturated rings. The first-order chi connectivity index (χ1) is 7.79. The molecule has 0 unspecified atom stereocenters. The van der Waals surface area contributed by atoms with Gasteiger partial charge in [-0.25, -0.2) is 0 Å². The molecule has 0 aliphatic rings. The highest BCUT2D eigenvalue weighted by Crippen LogP contribution is 2.30. The van der Waals surface area contributed by atoms with Crippen LogP contribution in [0.5, 0.6) is 11.5 Å². The van der Waals surface area contributed by atoms with Crippen LogP contribution >= 0.6 is 0 Å². The lowest BCUT2D eigenvalue weighted by atomic mass is 10.2. The highest BCUT2D eigenvalue weighted by molar-refractivity contribution is 5.62. The number of benzene rings is 1. The minimum Gasteiger partial charge on any atom is -0.494 e. The Kier molecular flexibility index (Phi) is 5.54. The molecule has 2 N–H and O–H groups in total. The van der Waals surface area contributed by atoms with Gasteiger partial charge in [0.2, 0.25) is 0 Å². The first-order valence-corrected chi connectivity index (χ1v) is 5.84. The molecule has 1 rings (SSSR count). The summed E-state index contributed by atoms with van der Waals surface area (Å²) >= 11 is 0. The number of para-hydroxylation sites is 1. The van der Waals surface area contributed by atoms with E-state index in [2.05, 4.69) is 6.92 Å². The van der Waals surface area contributed by atoms with Gasteiger partial charge >= 0.3 is 0 Å². The molecule has 0 spiro atoms. The topological polar surface area (TPSA) is 44.5 Å². The molecule has 0 aliphatic carbocycles. The van der Waals surface area contributed by atoms with Crippen LogP contribution in [0, 0.1) is 0 Å². The van der Waals surface area contributed by atoms with E-state index in [1.54, 1.807) is 7.11 Å². The second-order valence-corrected chi connectivity index (χ2v) is 3.78. The molecule has 0 saturated carbocycles.